The van der Waals surface area contributed by atoms with Crippen molar-refractivity contribution in [3.05, 3.63) is 56.4 Å². The van der Waals surface area contributed by atoms with Crippen LogP contribution in [-0.2, 0) is 4.79 Å². The summed E-state index contributed by atoms with van der Waals surface area (Å²) in [5, 5.41) is 0.602. The van der Waals surface area contributed by atoms with Gasteiger partial charge in [0.2, 0.25) is 0 Å². The highest BCUT2D eigenvalue weighted by molar-refractivity contribution is 7.18. The zero-order chi connectivity index (χ0) is 20.5. The number of fused-ring (bicyclic) bond motifs is 1. The third-order valence-electron chi connectivity index (χ3n) is 5.32. The Kier molecular flexibility index (Phi) is 5.24. The van der Waals surface area contributed by atoms with Gasteiger partial charge in [0.15, 0.2) is 0 Å². The molecular weight excluding hydrogens is 386 g/mol. The van der Waals surface area contributed by atoms with Crippen molar-refractivity contribution in [3.63, 3.8) is 0 Å². The number of nitrogens with zero attached hydrogens (tertiary/aromatic N) is 2. The maximum atomic E-state index is 13.3. The molecule has 6 nitrogen and oxygen atoms in total. The van der Waals surface area contributed by atoms with Gasteiger partial charge in [0.25, 0.3) is 11.5 Å². The van der Waals surface area contributed by atoms with Crippen molar-refractivity contribution in [1.29, 1.82) is 0 Å². The van der Waals surface area contributed by atoms with Gasteiger partial charge in [-0.1, -0.05) is 12.1 Å². The second-order valence-corrected chi connectivity index (χ2v) is 8.42. The Bertz CT molecular complexity index is 1170. The number of hydrogen-bond acceptors (Lipinski definition) is 5. The van der Waals surface area contributed by atoms with Gasteiger partial charge in [0.05, 0.1) is 18.1 Å². The first-order chi connectivity index (χ1) is 14.0. The van der Waals surface area contributed by atoms with E-state index in [2.05, 4.69) is 9.97 Å². The molecule has 0 spiro atoms. The summed E-state index contributed by atoms with van der Waals surface area (Å²) in [7, 11) is 1.60. The average molecular weight is 410 g/mol. The van der Waals surface area contributed by atoms with Crippen molar-refractivity contribution < 1.29 is 9.53 Å². The van der Waals surface area contributed by atoms with Crippen LogP contribution in [-0.4, -0.2) is 41.0 Å². The number of nitrogens with one attached hydrogen (secondary N) is 1. The first kappa shape index (κ1) is 19.4. The predicted octanol–water partition coefficient (Wildman–Crippen LogP) is 3.77. The molecule has 0 saturated carbocycles. The van der Waals surface area contributed by atoms with Crippen molar-refractivity contribution in [3.8, 4) is 5.75 Å². The average Bonchev–Trinajstić information content (AvgIpc) is 3.34. The number of methoxy groups -OCH3 is 1. The fraction of sp³-hybridized carbons (Fsp3) is 0.318. The third-order valence-corrected chi connectivity index (χ3v) is 6.42. The van der Waals surface area contributed by atoms with Gasteiger partial charge >= 0.3 is 0 Å². The number of carbonyl (C=O) groups is 1. The van der Waals surface area contributed by atoms with E-state index in [0.717, 1.165) is 41.9 Å². The van der Waals surface area contributed by atoms with Crippen molar-refractivity contribution in [2.24, 2.45) is 0 Å². The van der Waals surface area contributed by atoms with Crippen LogP contribution in [0.25, 0.3) is 21.9 Å². The van der Waals surface area contributed by atoms with Gasteiger partial charge < -0.3 is 14.6 Å². The topological polar surface area (TPSA) is 75.3 Å². The van der Waals surface area contributed by atoms with Gasteiger partial charge in [-0.2, -0.15) is 0 Å². The van der Waals surface area contributed by atoms with Gasteiger partial charge in [-0.25, -0.2) is 4.98 Å². The Labute approximate surface area is 172 Å². The van der Waals surface area contributed by atoms with E-state index in [-0.39, 0.29) is 11.5 Å². The summed E-state index contributed by atoms with van der Waals surface area (Å²) >= 11 is 1.48. The Morgan fingerprint density at radius 1 is 1.28 bits per heavy atom. The number of aromatic amines is 1. The van der Waals surface area contributed by atoms with E-state index >= 15 is 0 Å². The highest BCUT2D eigenvalue weighted by Crippen LogP contribution is 2.28. The molecule has 0 bridgehead atoms. The molecule has 7 heteroatoms. The lowest BCUT2D eigenvalue weighted by Crippen LogP contribution is -2.29. The number of H-pyrrole nitrogens is 1. The zero-order valence-electron chi connectivity index (χ0n) is 16.7. The minimum absolute atomic E-state index is 0.113. The Hall–Kier alpha value is -2.93. The zero-order valence-corrected chi connectivity index (χ0v) is 17.6. The molecule has 1 saturated heterocycles. The van der Waals surface area contributed by atoms with Crippen LogP contribution in [0.1, 0.15) is 34.7 Å². The molecular formula is C22H23N3O3S. The van der Waals surface area contributed by atoms with E-state index < -0.39 is 0 Å². The quantitative estimate of drug-likeness (QED) is 0.666. The second kappa shape index (κ2) is 7.83. The fourth-order valence-corrected chi connectivity index (χ4v) is 4.63. The Balaban J connectivity index is 1.88. The number of ether oxygens (including phenoxy) is 1. The minimum Gasteiger partial charge on any atom is -0.497 e. The van der Waals surface area contributed by atoms with Gasteiger partial charge in [-0.05, 0) is 56.0 Å². The molecule has 1 aromatic carbocycles. The number of rotatable bonds is 4. The maximum Gasteiger partial charge on any atom is 0.260 e. The van der Waals surface area contributed by atoms with Gasteiger partial charge in [-0.3, -0.25) is 9.59 Å². The SMILES string of the molecule is COc1cccc(/C=C(/C(=O)N2CCCC2)c2nc3sc(C)c(C)c3c(=O)[nH]2)c1. The van der Waals surface area contributed by atoms with E-state index in [4.69, 9.17) is 4.74 Å². The lowest BCUT2D eigenvalue weighted by atomic mass is 10.1. The molecule has 2 aromatic heterocycles. The van der Waals surface area contributed by atoms with Crippen LogP contribution in [0.4, 0.5) is 0 Å². The molecule has 1 amide bonds. The van der Waals surface area contributed by atoms with E-state index in [9.17, 15) is 9.59 Å². The monoisotopic (exact) mass is 409 g/mol. The molecule has 0 atom stereocenters. The van der Waals surface area contributed by atoms with Crippen molar-refractivity contribution in [1.82, 2.24) is 14.9 Å². The minimum atomic E-state index is -0.211. The highest BCUT2D eigenvalue weighted by atomic mass is 32.1. The molecule has 29 heavy (non-hydrogen) atoms. The van der Waals surface area contributed by atoms with E-state index in [1.165, 1.54) is 11.3 Å². The molecule has 0 unspecified atom stereocenters. The smallest absolute Gasteiger partial charge is 0.260 e. The fourth-order valence-electron chi connectivity index (χ4n) is 3.60. The number of hydrogen-bond donors (Lipinski definition) is 1. The number of thiophene rings is 1. The molecule has 1 aliphatic rings. The summed E-state index contributed by atoms with van der Waals surface area (Å²) in [6, 6.07) is 7.47. The summed E-state index contributed by atoms with van der Waals surface area (Å²) in [5.41, 5.74) is 1.93. The molecule has 3 aromatic rings. The Morgan fingerprint density at radius 2 is 2.03 bits per heavy atom. The van der Waals surface area contributed by atoms with Crippen LogP contribution in [0.15, 0.2) is 29.1 Å². The van der Waals surface area contributed by atoms with Gasteiger partial charge in [-0.15, -0.1) is 11.3 Å². The molecule has 0 aliphatic carbocycles. The van der Waals surface area contributed by atoms with Crippen molar-refractivity contribution in [2.75, 3.05) is 20.2 Å². The first-order valence-corrected chi connectivity index (χ1v) is 10.4. The summed E-state index contributed by atoms with van der Waals surface area (Å²) in [6.45, 7) is 5.34. The molecule has 1 fully saturated rings. The van der Waals surface area contributed by atoms with E-state index in [0.29, 0.717) is 27.4 Å². The summed E-state index contributed by atoms with van der Waals surface area (Å²) < 4.78 is 5.30. The number of amides is 1. The van der Waals surface area contributed by atoms with E-state index in [1.807, 2.05) is 43.0 Å². The summed E-state index contributed by atoms with van der Waals surface area (Å²) in [4.78, 5) is 37.1. The lowest BCUT2D eigenvalue weighted by molar-refractivity contribution is -0.123. The normalized spacial score (nSPS) is 14.6. The van der Waals surface area contributed by atoms with Crippen LogP contribution in [0.3, 0.4) is 0 Å². The number of benzene rings is 1. The molecule has 3 heterocycles. The molecule has 4 rings (SSSR count). The van der Waals surface area contributed by atoms with Crippen LogP contribution in [0.5, 0.6) is 5.75 Å². The predicted molar refractivity (Wildman–Crippen MR) is 116 cm³/mol. The third kappa shape index (κ3) is 3.70. The van der Waals surface area contributed by atoms with Gasteiger partial charge in [0, 0.05) is 18.0 Å². The van der Waals surface area contributed by atoms with Crippen molar-refractivity contribution >= 4 is 39.1 Å². The Morgan fingerprint density at radius 3 is 2.76 bits per heavy atom. The number of aromatic nitrogens is 2. The van der Waals surface area contributed by atoms with Gasteiger partial charge in [0.1, 0.15) is 16.4 Å². The first-order valence-electron chi connectivity index (χ1n) is 9.63. The summed E-state index contributed by atoms with van der Waals surface area (Å²) in [6.07, 6.45) is 3.76. The number of aryl methyl sites for hydroxylation is 2. The van der Waals surface area contributed by atoms with Crippen LogP contribution >= 0.6 is 11.3 Å². The van der Waals surface area contributed by atoms with Crippen LogP contribution in [0.2, 0.25) is 0 Å². The molecule has 1 aliphatic heterocycles. The molecule has 150 valence electrons. The number of likely N-dealkylation sites (tertiary alicyclic amines) is 1. The number of carbonyl (C=O) groups excluding carboxylic acids is 1. The standard InChI is InChI=1S/C22H23N3O3S/c1-13-14(2)29-21-18(13)20(26)23-19(24-21)17(22(27)25-9-4-5-10-25)12-15-7-6-8-16(11-15)28-3/h6-8,11-12H,4-5,9-10H2,1-3H3,(H,23,24,26)/b17-12+. The highest BCUT2D eigenvalue weighted by Gasteiger charge is 2.25. The largest absolute Gasteiger partial charge is 0.497 e. The lowest BCUT2D eigenvalue weighted by Gasteiger charge is -2.17. The summed E-state index contributed by atoms with van der Waals surface area (Å²) in [5.74, 6) is 0.898. The van der Waals surface area contributed by atoms with Crippen LogP contribution in [0, 0.1) is 13.8 Å². The van der Waals surface area contributed by atoms with Crippen LogP contribution < -0.4 is 10.3 Å². The van der Waals surface area contributed by atoms with Crippen molar-refractivity contribution in [2.45, 2.75) is 26.7 Å². The second-order valence-electron chi connectivity index (χ2n) is 7.21. The molecule has 0 radical (unpaired) electrons. The molecule has 1 N–H and O–H groups in total. The van der Waals surface area contributed by atoms with E-state index in [1.54, 1.807) is 13.2 Å². The maximum absolute atomic E-state index is 13.3.